The Hall–Kier alpha value is -1.05. The maximum Gasteiger partial charge on any atom is 0.273 e. The van der Waals surface area contributed by atoms with Gasteiger partial charge in [-0.25, -0.2) is 23.5 Å². The van der Waals surface area contributed by atoms with Gasteiger partial charge in [0.2, 0.25) is 0 Å². The first kappa shape index (κ1) is 12.9. The first-order valence-corrected chi connectivity index (χ1v) is 5.29. The van der Waals surface area contributed by atoms with Gasteiger partial charge in [0.05, 0.1) is 0 Å². The summed E-state index contributed by atoms with van der Waals surface area (Å²) in [4.78, 5) is 8.85. The molecular formula is C7H14N4O2S. The molecule has 80 valence electrons. The highest BCUT2D eigenvalue weighted by Gasteiger charge is 2.08. The molecule has 0 saturated carbocycles. The molecule has 0 unspecified atom stereocenters. The molecule has 0 saturated heterocycles. The third-order valence-electron chi connectivity index (χ3n) is 0.797. The molecule has 0 atom stereocenters. The average molecular weight is 218 g/mol. The lowest BCUT2D eigenvalue weighted by Gasteiger charge is -1.91. The van der Waals surface area contributed by atoms with Crippen LogP contribution in [0.1, 0.15) is 0 Å². The summed E-state index contributed by atoms with van der Waals surface area (Å²) in [7, 11) is 2.27. The van der Waals surface area contributed by atoms with E-state index in [0.717, 1.165) is 0 Å². The number of aromatic nitrogens is 2. The molecule has 0 spiro atoms. The normalized spacial score (nSPS) is 10.6. The molecule has 7 heteroatoms. The molecule has 0 radical (unpaired) electrons. The molecule has 0 bridgehead atoms. The van der Waals surface area contributed by atoms with Crippen molar-refractivity contribution in [2.24, 2.45) is 5.14 Å². The van der Waals surface area contributed by atoms with Crippen LogP contribution in [0.25, 0.3) is 0 Å². The molecule has 0 amide bonds. The summed E-state index contributed by atoms with van der Waals surface area (Å²) in [5, 5.41) is 4.35. The number of sulfonamides is 1. The molecule has 1 rings (SSSR count). The van der Waals surface area contributed by atoms with Crippen LogP contribution in [0, 0.1) is 0 Å². The maximum absolute atomic E-state index is 10.5. The van der Waals surface area contributed by atoms with E-state index in [4.69, 9.17) is 5.14 Å². The van der Waals surface area contributed by atoms with Crippen molar-refractivity contribution >= 4 is 10.0 Å². The lowest BCUT2D eigenvalue weighted by atomic mass is 10.7. The summed E-state index contributed by atoms with van der Waals surface area (Å²) in [6, 6.07) is 1.51. The number of hydrogen-bond donors (Lipinski definition) is 1. The molecule has 14 heavy (non-hydrogen) atoms. The van der Waals surface area contributed by atoms with Gasteiger partial charge < -0.3 is 4.90 Å². The number of nitrogens with two attached hydrogens (primary N) is 1. The minimum Gasteiger partial charge on any atom is -0.312 e. The Balaban J connectivity index is 0.000000364. The van der Waals surface area contributed by atoms with Crippen molar-refractivity contribution in [1.82, 2.24) is 14.9 Å². The minimum atomic E-state index is -3.73. The van der Waals surface area contributed by atoms with Crippen molar-refractivity contribution in [2.75, 3.05) is 21.1 Å². The molecule has 6 nitrogen and oxygen atoms in total. The van der Waals surface area contributed by atoms with E-state index in [2.05, 4.69) is 9.97 Å². The summed E-state index contributed by atoms with van der Waals surface area (Å²) >= 11 is 0. The molecule has 0 aliphatic rings. The molecule has 2 N–H and O–H groups in total. The van der Waals surface area contributed by atoms with Crippen molar-refractivity contribution in [2.45, 2.75) is 5.16 Å². The minimum absolute atomic E-state index is 0.352. The second-order valence-corrected chi connectivity index (χ2v) is 4.37. The van der Waals surface area contributed by atoms with Gasteiger partial charge in [-0.1, -0.05) is 0 Å². The van der Waals surface area contributed by atoms with E-state index >= 15 is 0 Å². The van der Waals surface area contributed by atoms with E-state index in [1.807, 2.05) is 26.0 Å². The van der Waals surface area contributed by atoms with Crippen molar-refractivity contribution < 1.29 is 8.42 Å². The zero-order valence-corrected chi connectivity index (χ0v) is 9.19. The zero-order chi connectivity index (χ0) is 11.2. The van der Waals surface area contributed by atoms with E-state index in [0.29, 0.717) is 0 Å². The Morgan fingerprint density at radius 1 is 1.21 bits per heavy atom. The monoisotopic (exact) mass is 218 g/mol. The fraction of sp³-hybridized carbons (Fsp3) is 0.429. The van der Waals surface area contributed by atoms with Crippen molar-refractivity contribution in [3.63, 3.8) is 0 Å². The average Bonchev–Trinajstić information content (AvgIpc) is 2.03. The SMILES string of the molecule is CN(C)C.NS(=O)(=O)c1ncccn1. The Bertz CT molecular complexity index is 346. The van der Waals surface area contributed by atoms with Crippen LogP contribution in [0.15, 0.2) is 23.6 Å². The van der Waals surface area contributed by atoms with Crippen LogP contribution in [0.3, 0.4) is 0 Å². The molecule has 1 aromatic heterocycles. The molecule has 0 aromatic carbocycles. The molecule has 1 heterocycles. The second-order valence-electron chi connectivity index (χ2n) is 2.92. The third-order valence-corrected chi connectivity index (χ3v) is 1.52. The van der Waals surface area contributed by atoms with Crippen LogP contribution in [0.4, 0.5) is 0 Å². The van der Waals surface area contributed by atoms with Crippen LogP contribution < -0.4 is 5.14 Å². The lowest BCUT2D eigenvalue weighted by molar-refractivity contribution is 0.505. The number of hydrogen-bond acceptors (Lipinski definition) is 5. The predicted octanol–water partition coefficient (Wildman–Crippen LogP) is -0.698. The second kappa shape index (κ2) is 5.63. The van der Waals surface area contributed by atoms with Crippen LogP contribution in [-0.4, -0.2) is 44.4 Å². The van der Waals surface area contributed by atoms with Gasteiger partial charge in [-0.05, 0) is 27.2 Å². The molecular weight excluding hydrogens is 204 g/mol. The predicted molar refractivity (Wildman–Crippen MR) is 53.0 cm³/mol. The highest BCUT2D eigenvalue weighted by atomic mass is 32.2. The molecule has 0 aliphatic carbocycles. The number of primary sulfonamides is 1. The summed E-state index contributed by atoms with van der Waals surface area (Å²) < 4.78 is 21.0. The van der Waals surface area contributed by atoms with E-state index in [1.165, 1.54) is 18.5 Å². The topological polar surface area (TPSA) is 89.2 Å². The van der Waals surface area contributed by atoms with Crippen LogP contribution in [-0.2, 0) is 10.0 Å². The maximum atomic E-state index is 10.5. The van der Waals surface area contributed by atoms with E-state index < -0.39 is 10.0 Å². The first-order chi connectivity index (χ1) is 6.34. The van der Waals surface area contributed by atoms with E-state index in [9.17, 15) is 8.42 Å². The zero-order valence-electron chi connectivity index (χ0n) is 8.38. The fourth-order valence-electron chi connectivity index (χ4n) is 0.432. The molecule has 0 fully saturated rings. The molecule has 1 aromatic rings. The highest BCUT2D eigenvalue weighted by Crippen LogP contribution is 1.92. The first-order valence-electron chi connectivity index (χ1n) is 3.75. The van der Waals surface area contributed by atoms with Crippen LogP contribution >= 0.6 is 0 Å². The number of rotatable bonds is 1. The van der Waals surface area contributed by atoms with Crippen molar-refractivity contribution in [1.29, 1.82) is 0 Å². The smallest absolute Gasteiger partial charge is 0.273 e. The van der Waals surface area contributed by atoms with Gasteiger partial charge in [0.1, 0.15) is 0 Å². The summed E-state index contributed by atoms with van der Waals surface area (Å²) in [6.07, 6.45) is 2.62. The van der Waals surface area contributed by atoms with Gasteiger partial charge >= 0.3 is 0 Å². The Morgan fingerprint density at radius 2 is 1.57 bits per heavy atom. The lowest BCUT2D eigenvalue weighted by Crippen LogP contribution is -2.15. The Kier molecular flexibility index (Phi) is 5.21. The van der Waals surface area contributed by atoms with Crippen molar-refractivity contribution in [3.05, 3.63) is 18.5 Å². The van der Waals surface area contributed by atoms with E-state index in [-0.39, 0.29) is 5.16 Å². The summed E-state index contributed by atoms with van der Waals surface area (Å²) in [5.74, 6) is 0. The number of nitrogens with zero attached hydrogens (tertiary/aromatic N) is 3. The van der Waals surface area contributed by atoms with Crippen LogP contribution in [0.5, 0.6) is 0 Å². The molecule has 0 aliphatic heterocycles. The van der Waals surface area contributed by atoms with Gasteiger partial charge in [0, 0.05) is 12.4 Å². The van der Waals surface area contributed by atoms with Gasteiger partial charge in [-0.2, -0.15) is 0 Å². The standard InChI is InChI=1S/C4H5N3O2S.C3H9N/c5-10(8,9)4-6-2-1-3-7-4;1-4(2)3/h1-3H,(H2,5,8,9);1-3H3. The van der Waals surface area contributed by atoms with Gasteiger partial charge in [-0.15, -0.1) is 0 Å². The largest absolute Gasteiger partial charge is 0.312 e. The Labute approximate surface area is 83.8 Å². The van der Waals surface area contributed by atoms with Gasteiger partial charge in [0.25, 0.3) is 15.2 Å². The van der Waals surface area contributed by atoms with Gasteiger partial charge in [-0.3, -0.25) is 0 Å². The highest BCUT2D eigenvalue weighted by molar-refractivity contribution is 7.89. The Morgan fingerprint density at radius 3 is 1.79 bits per heavy atom. The van der Waals surface area contributed by atoms with Crippen molar-refractivity contribution in [3.8, 4) is 0 Å². The van der Waals surface area contributed by atoms with Crippen LogP contribution in [0.2, 0.25) is 0 Å². The van der Waals surface area contributed by atoms with E-state index in [1.54, 1.807) is 0 Å². The fourth-order valence-corrected chi connectivity index (χ4v) is 0.848. The third kappa shape index (κ3) is 6.46. The summed E-state index contributed by atoms with van der Waals surface area (Å²) in [5.41, 5.74) is 0. The van der Waals surface area contributed by atoms with Gasteiger partial charge in [0.15, 0.2) is 0 Å². The quantitative estimate of drug-likeness (QED) is 0.630. The summed E-state index contributed by atoms with van der Waals surface area (Å²) in [6.45, 7) is 0.